The highest BCUT2D eigenvalue weighted by Gasteiger charge is 2.29. The van der Waals surface area contributed by atoms with Crippen LogP contribution in [0.1, 0.15) is 18.9 Å². The lowest BCUT2D eigenvalue weighted by Crippen LogP contribution is -2.44. The van der Waals surface area contributed by atoms with E-state index in [0.29, 0.717) is 19.5 Å². The number of nitrogens with one attached hydrogen (secondary N) is 1. The molecule has 2 N–H and O–H groups in total. The molecule has 1 unspecified atom stereocenters. The fourth-order valence-corrected chi connectivity index (χ4v) is 2.50. The van der Waals surface area contributed by atoms with Crippen LogP contribution in [-0.4, -0.2) is 36.6 Å². The van der Waals surface area contributed by atoms with Gasteiger partial charge in [0.25, 0.3) is 0 Å². The summed E-state index contributed by atoms with van der Waals surface area (Å²) in [6, 6.07) is 7.69. The molecule has 1 aliphatic rings. The van der Waals surface area contributed by atoms with E-state index < -0.39 is 11.9 Å². The van der Waals surface area contributed by atoms with Crippen molar-refractivity contribution in [1.82, 2.24) is 5.32 Å². The molecule has 0 saturated carbocycles. The molecule has 0 saturated heterocycles. The van der Waals surface area contributed by atoms with E-state index in [0.717, 1.165) is 17.7 Å². The molecular weight excluding hydrogens is 256 g/mol. The molecule has 5 heteroatoms. The zero-order chi connectivity index (χ0) is 14.5. The smallest absolute Gasteiger partial charge is 0.308 e. The van der Waals surface area contributed by atoms with Crippen LogP contribution in [0.5, 0.6) is 0 Å². The van der Waals surface area contributed by atoms with Gasteiger partial charge >= 0.3 is 5.97 Å². The summed E-state index contributed by atoms with van der Waals surface area (Å²) in [7, 11) is 0. The Bertz CT molecular complexity index is 502. The third-order valence-corrected chi connectivity index (χ3v) is 3.50. The largest absolute Gasteiger partial charge is 0.481 e. The molecular formula is C15H20N2O3. The molecule has 1 atom stereocenters. The van der Waals surface area contributed by atoms with E-state index in [1.807, 2.05) is 36.1 Å². The molecule has 1 heterocycles. The van der Waals surface area contributed by atoms with Crippen molar-refractivity contribution >= 4 is 17.6 Å². The number of aliphatic carboxylic acids is 1. The number of carboxylic acid groups (broad SMARTS) is 1. The first-order valence-corrected chi connectivity index (χ1v) is 6.94. The molecule has 0 aliphatic carbocycles. The Kier molecular flexibility index (Phi) is 4.61. The van der Waals surface area contributed by atoms with Crippen molar-refractivity contribution in [3.8, 4) is 0 Å². The Hall–Kier alpha value is -2.04. The molecule has 108 valence electrons. The maximum atomic E-state index is 11.9. The lowest BCUT2D eigenvalue weighted by atomic mass is 9.92. The molecule has 0 fully saturated rings. The van der Waals surface area contributed by atoms with Crippen LogP contribution >= 0.6 is 0 Å². The summed E-state index contributed by atoms with van der Waals surface area (Å²) in [6.07, 6.45) is 1.42. The molecule has 0 aromatic heterocycles. The van der Waals surface area contributed by atoms with Gasteiger partial charge in [-0.25, -0.2) is 0 Å². The van der Waals surface area contributed by atoms with Crippen LogP contribution in [-0.2, 0) is 16.0 Å². The second-order valence-corrected chi connectivity index (χ2v) is 5.10. The predicted octanol–water partition coefficient (Wildman–Crippen LogP) is 1.28. The van der Waals surface area contributed by atoms with Gasteiger partial charge in [0.2, 0.25) is 5.91 Å². The van der Waals surface area contributed by atoms with Gasteiger partial charge in [-0.15, -0.1) is 0 Å². The Labute approximate surface area is 118 Å². The summed E-state index contributed by atoms with van der Waals surface area (Å²) >= 11 is 0. The summed E-state index contributed by atoms with van der Waals surface area (Å²) in [5.74, 6) is -1.32. The zero-order valence-corrected chi connectivity index (χ0v) is 11.6. The first-order valence-electron chi connectivity index (χ1n) is 6.94. The van der Waals surface area contributed by atoms with Gasteiger partial charge in [0, 0.05) is 18.8 Å². The van der Waals surface area contributed by atoms with Crippen LogP contribution in [0.25, 0.3) is 0 Å². The number of carboxylic acids is 1. The molecule has 1 aromatic carbocycles. The summed E-state index contributed by atoms with van der Waals surface area (Å²) < 4.78 is 0. The fraction of sp³-hybridized carbons (Fsp3) is 0.467. The molecule has 1 aromatic rings. The van der Waals surface area contributed by atoms with Crippen LogP contribution in [0.2, 0.25) is 0 Å². The minimum absolute atomic E-state index is 0.0623. The van der Waals surface area contributed by atoms with E-state index >= 15 is 0 Å². The summed E-state index contributed by atoms with van der Waals surface area (Å²) in [6.45, 7) is 3.24. The number of benzene rings is 1. The van der Waals surface area contributed by atoms with Crippen LogP contribution in [0.15, 0.2) is 24.3 Å². The Morgan fingerprint density at radius 2 is 2.15 bits per heavy atom. The second-order valence-electron chi connectivity index (χ2n) is 5.10. The number of amides is 1. The SMILES string of the molecule is CCCNC(=O)CN1CC(C(=O)O)Cc2ccccc21. The lowest BCUT2D eigenvalue weighted by Gasteiger charge is -2.34. The van der Waals surface area contributed by atoms with E-state index in [2.05, 4.69) is 5.32 Å². The van der Waals surface area contributed by atoms with E-state index in [4.69, 9.17) is 0 Å². The average molecular weight is 276 g/mol. The fourth-order valence-electron chi connectivity index (χ4n) is 2.50. The number of hydrogen-bond donors (Lipinski definition) is 2. The van der Waals surface area contributed by atoms with Crippen LogP contribution in [0.4, 0.5) is 5.69 Å². The van der Waals surface area contributed by atoms with Crippen molar-refractivity contribution in [3.63, 3.8) is 0 Å². The number of carbonyl (C=O) groups is 2. The molecule has 5 nitrogen and oxygen atoms in total. The second kappa shape index (κ2) is 6.41. The monoisotopic (exact) mass is 276 g/mol. The number of hydrogen-bond acceptors (Lipinski definition) is 3. The molecule has 1 aliphatic heterocycles. The van der Waals surface area contributed by atoms with Gasteiger partial charge in [-0.05, 0) is 24.5 Å². The van der Waals surface area contributed by atoms with Gasteiger partial charge in [0.1, 0.15) is 0 Å². The Balaban J connectivity index is 2.14. The van der Waals surface area contributed by atoms with E-state index in [9.17, 15) is 14.7 Å². The number of carbonyl (C=O) groups excluding carboxylic acids is 1. The molecule has 0 spiro atoms. The molecule has 0 radical (unpaired) electrons. The standard InChI is InChI=1S/C15H20N2O3/c1-2-7-16-14(18)10-17-9-12(15(19)20)8-11-5-3-4-6-13(11)17/h3-6,12H,2,7-10H2,1H3,(H,16,18)(H,19,20). The van der Waals surface area contributed by atoms with Crippen molar-refractivity contribution < 1.29 is 14.7 Å². The van der Waals surface area contributed by atoms with E-state index in [1.54, 1.807) is 0 Å². The van der Waals surface area contributed by atoms with E-state index in [-0.39, 0.29) is 12.5 Å². The van der Waals surface area contributed by atoms with Crippen molar-refractivity contribution in [2.75, 3.05) is 24.5 Å². The van der Waals surface area contributed by atoms with Crippen molar-refractivity contribution in [3.05, 3.63) is 29.8 Å². The molecule has 1 amide bonds. The van der Waals surface area contributed by atoms with Gasteiger partial charge in [0.05, 0.1) is 12.5 Å². The summed E-state index contributed by atoms with van der Waals surface area (Å²) in [5.41, 5.74) is 1.96. The summed E-state index contributed by atoms with van der Waals surface area (Å²) in [4.78, 5) is 25.0. The van der Waals surface area contributed by atoms with Crippen molar-refractivity contribution in [2.24, 2.45) is 5.92 Å². The van der Waals surface area contributed by atoms with E-state index in [1.165, 1.54) is 0 Å². The third-order valence-electron chi connectivity index (χ3n) is 3.50. The number of anilines is 1. The highest BCUT2D eigenvalue weighted by atomic mass is 16.4. The predicted molar refractivity (Wildman–Crippen MR) is 76.8 cm³/mol. The molecule has 0 bridgehead atoms. The topological polar surface area (TPSA) is 69.6 Å². The molecule has 20 heavy (non-hydrogen) atoms. The van der Waals surface area contributed by atoms with Gasteiger partial charge in [-0.1, -0.05) is 25.1 Å². The third kappa shape index (κ3) is 3.29. The first-order chi connectivity index (χ1) is 9.61. The number of para-hydroxylation sites is 1. The minimum Gasteiger partial charge on any atom is -0.481 e. The number of fused-ring (bicyclic) bond motifs is 1. The van der Waals surface area contributed by atoms with Crippen LogP contribution < -0.4 is 10.2 Å². The Morgan fingerprint density at radius 3 is 2.85 bits per heavy atom. The summed E-state index contributed by atoms with van der Waals surface area (Å²) in [5, 5.41) is 12.1. The first kappa shape index (κ1) is 14.4. The van der Waals surface area contributed by atoms with Gasteiger partial charge in [-0.3, -0.25) is 9.59 Å². The lowest BCUT2D eigenvalue weighted by molar-refractivity contribution is -0.141. The number of nitrogens with zero attached hydrogens (tertiary/aromatic N) is 1. The average Bonchev–Trinajstić information content (AvgIpc) is 2.44. The number of rotatable bonds is 5. The minimum atomic E-state index is -0.807. The van der Waals surface area contributed by atoms with Crippen LogP contribution in [0.3, 0.4) is 0 Å². The maximum absolute atomic E-state index is 11.9. The van der Waals surface area contributed by atoms with Crippen LogP contribution in [0, 0.1) is 5.92 Å². The van der Waals surface area contributed by atoms with Gasteiger partial charge < -0.3 is 15.3 Å². The Morgan fingerprint density at radius 1 is 1.40 bits per heavy atom. The van der Waals surface area contributed by atoms with Gasteiger partial charge in [-0.2, -0.15) is 0 Å². The maximum Gasteiger partial charge on any atom is 0.308 e. The highest BCUT2D eigenvalue weighted by molar-refractivity contribution is 5.83. The quantitative estimate of drug-likeness (QED) is 0.850. The molecule has 2 rings (SSSR count). The van der Waals surface area contributed by atoms with Gasteiger partial charge in [0.15, 0.2) is 0 Å². The zero-order valence-electron chi connectivity index (χ0n) is 11.6. The van der Waals surface area contributed by atoms with Crippen molar-refractivity contribution in [2.45, 2.75) is 19.8 Å². The normalized spacial score (nSPS) is 17.4. The van der Waals surface area contributed by atoms with Crippen molar-refractivity contribution in [1.29, 1.82) is 0 Å². The highest BCUT2D eigenvalue weighted by Crippen LogP contribution is 2.29.